The number of benzene rings is 12. The smallest absolute Gasteiger partial charge is 0.252 e. The lowest BCUT2D eigenvalue weighted by Gasteiger charge is -2.54. The summed E-state index contributed by atoms with van der Waals surface area (Å²) in [5.74, 6) is 0. The van der Waals surface area contributed by atoms with E-state index < -0.39 is 0 Å². The van der Waals surface area contributed by atoms with Crippen molar-refractivity contribution in [3.63, 3.8) is 0 Å². The molecule has 0 spiro atoms. The molecule has 0 atom stereocenters. The molecule has 6 aliphatic heterocycles. The highest BCUT2D eigenvalue weighted by Gasteiger charge is 2.56. The molecule has 0 saturated carbocycles. The molecule has 3 aromatic heterocycles. The van der Waals surface area contributed by atoms with Gasteiger partial charge in [0.2, 0.25) is 0 Å². The Morgan fingerprint density at radius 2 is 0.470 bits per heavy atom. The van der Waals surface area contributed by atoms with Crippen molar-refractivity contribution in [1.29, 1.82) is 0 Å². The first-order valence-electron chi connectivity index (χ1n) is 34.2. The summed E-state index contributed by atoms with van der Waals surface area (Å²) in [6, 6.07) is 114. The second-order valence-corrected chi connectivity index (χ2v) is 26.3. The molecule has 9 heterocycles. The molecule has 6 aliphatic rings. The number of fused-ring (bicyclic) bond motifs is 9. The van der Waals surface area contributed by atoms with Crippen molar-refractivity contribution in [2.75, 3.05) is 34.3 Å². The van der Waals surface area contributed by atoms with Gasteiger partial charge in [-0.05, 0) is 213 Å². The van der Waals surface area contributed by atoms with Gasteiger partial charge in [-0.15, -0.1) is 0 Å². The number of rotatable bonds is 12. The minimum absolute atomic E-state index is 0.181. The monoisotopic (exact) mass is 1270 g/mol. The summed E-state index contributed by atoms with van der Waals surface area (Å²) in [5, 5.41) is 0. The first-order valence-corrected chi connectivity index (χ1v) is 34.2. The van der Waals surface area contributed by atoms with E-state index in [4.69, 9.17) is 0 Å². The predicted octanol–water partition coefficient (Wildman–Crippen LogP) is 15.6. The number of hydrogen-bond donors (Lipinski definition) is 0. The lowest BCUT2D eigenvalue weighted by molar-refractivity contribution is 1.21. The van der Waals surface area contributed by atoms with E-state index in [0.29, 0.717) is 0 Å². The van der Waals surface area contributed by atoms with E-state index in [1.165, 1.54) is 66.2 Å². The average Bonchev–Trinajstić information content (AvgIpc) is 0.653. The van der Waals surface area contributed by atoms with Crippen LogP contribution >= 0.6 is 0 Å². The van der Waals surface area contributed by atoms with Gasteiger partial charge in [0.25, 0.3) is 20.1 Å². The third-order valence-electron chi connectivity index (χ3n) is 21.1. The number of pyridine rings is 3. The summed E-state index contributed by atoms with van der Waals surface area (Å²) in [7, 11) is 0. The summed E-state index contributed by atoms with van der Waals surface area (Å²) in [6.07, 6.45) is 11.4. The second kappa shape index (κ2) is 22.2. The fourth-order valence-electron chi connectivity index (χ4n) is 17.3. The highest BCUT2D eigenvalue weighted by molar-refractivity contribution is 7.08. The highest BCUT2D eigenvalue weighted by Crippen LogP contribution is 2.53. The Morgan fingerprint density at radius 1 is 0.210 bits per heavy atom. The van der Waals surface area contributed by atoms with Crippen LogP contribution in [0.25, 0.3) is 0 Å². The van der Waals surface area contributed by atoms with Gasteiger partial charge in [-0.3, -0.25) is 15.0 Å². The molecule has 12 aromatic carbocycles. The number of aromatic nitrogens is 3. The van der Waals surface area contributed by atoms with Crippen LogP contribution in [0.15, 0.2) is 347 Å². The minimum Gasteiger partial charge on any atom is -0.313 e. The maximum Gasteiger partial charge on any atom is 0.252 e. The van der Waals surface area contributed by atoms with Crippen molar-refractivity contribution in [3.8, 4) is 0 Å². The van der Waals surface area contributed by atoms with Crippen molar-refractivity contribution in [1.82, 2.24) is 15.0 Å². The number of para-hydroxylation sites is 6. The van der Waals surface area contributed by atoms with E-state index in [2.05, 4.69) is 340 Å². The fraction of sp³-hybridized carbons (Fsp3) is 0. The second-order valence-electron chi connectivity index (χ2n) is 26.3. The molecule has 464 valence electrons. The molecule has 0 N–H and O–H groups in total. The van der Waals surface area contributed by atoms with E-state index in [9.17, 15) is 0 Å². The zero-order valence-corrected chi connectivity index (χ0v) is 54.1. The largest absolute Gasteiger partial charge is 0.313 e. The molecular weight excluding hydrogens is 1220 g/mol. The standard InChI is InChI=1S/C87H57B3N10/c1-7-22-58(23-8-1)94(67-34-19-49-91-55-67)64-37-40-70-79(52-64)97(61-28-13-4-14-29-61)76-46-43-74-86-82(76)88(70)73-44-47-77-83-85(73)100(86)87-75(90(83)72-42-39-66(54-81(72)98(77)62-30-15-5-16-31-62)96(60-26-11-3-12-27-60)69-36-21-51-93-57-69)45-48-78-84(87)89(74)71-41-38-65(53-80(71)99(78)63-32-17-6-18-33-63)95(59-24-9-2-10-25-59)68-35-20-50-92-56-68/h1-57H. The Morgan fingerprint density at radius 3 is 0.740 bits per heavy atom. The van der Waals surface area contributed by atoms with Gasteiger partial charge >= 0.3 is 0 Å². The third-order valence-corrected chi connectivity index (χ3v) is 21.1. The van der Waals surface area contributed by atoms with Crippen molar-refractivity contribution in [2.45, 2.75) is 0 Å². The highest BCUT2D eigenvalue weighted by atomic mass is 15.2. The molecular formula is C87H57B3N10. The van der Waals surface area contributed by atoms with Gasteiger partial charge in [-0.25, -0.2) is 0 Å². The number of hydrogen-bond acceptors (Lipinski definition) is 10. The van der Waals surface area contributed by atoms with Gasteiger partial charge in [0.15, 0.2) is 0 Å². The molecule has 0 fully saturated rings. The van der Waals surface area contributed by atoms with Crippen LogP contribution in [0.1, 0.15) is 0 Å². The SMILES string of the molecule is c1ccc(N(c2cccnc2)c2ccc3c(c2)N(c2ccccc2)c2ccc4c5c2B3c2ccc3c6c2N5c2c(ccc5c2B4c2ccc(N(c4ccccc4)c4cccnc4)cc2N5c2ccccc2)B6c2ccc(N(c4ccccc4)c4cccnc4)cc2N3c2ccccc2)cc1. The molecule has 0 unspecified atom stereocenters. The summed E-state index contributed by atoms with van der Waals surface area (Å²) in [6.45, 7) is -0.544. The summed E-state index contributed by atoms with van der Waals surface area (Å²) in [4.78, 5) is 31.5. The molecule has 0 amide bonds. The first kappa shape index (κ1) is 56.1. The van der Waals surface area contributed by atoms with Gasteiger partial charge in [-0.1, -0.05) is 146 Å². The first-order chi connectivity index (χ1) is 49.7. The van der Waals surface area contributed by atoms with Crippen LogP contribution < -0.4 is 83.5 Å². The summed E-state index contributed by atoms with van der Waals surface area (Å²) >= 11 is 0. The van der Waals surface area contributed by atoms with Crippen molar-refractivity contribution >= 4 is 189 Å². The van der Waals surface area contributed by atoms with Crippen LogP contribution in [0.4, 0.5) is 119 Å². The van der Waals surface area contributed by atoms with Crippen molar-refractivity contribution < 1.29 is 0 Å². The third kappa shape index (κ3) is 8.26. The van der Waals surface area contributed by atoms with Crippen molar-refractivity contribution in [3.05, 3.63) is 347 Å². The molecule has 0 aliphatic carbocycles. The Kier molecular flexibility index (Phi) is 12.5. The Hall–Kier alpha value is -13.1. The topological polar surface area (TPSA) is 61.4 Å². The molecule has 13 heteroatoms. The molecule has 0 saturated heterocycles. The quantitative estimate of drug-likeness (QED) is 0.111. The normalized spacial score (nSPS) is 13.3. The van der Waals surface area contributed by atoms with E-state index in [1.54, 1.807) is 0 Å². The van der Waals surface area contributed by atoms with Crippen LogP contribution in [0.2, 0.25) is 0 Å². The van der Waals surface area contributed by atoms with Crippen LogP contribution in [0, 0.1) is 0 Å². The van der Waals surface area contributed by atoms with Crippen LogP contribution in [0.3, 0.4) is 0 Å². The Bertz CT molecular complexity index is 5050. The maximum atomic E-state index is 4.68. The fourth-order valence-corrected chi connectivity index (χ4v) is 17.3. The van der Waals surface area contributed by atoms with Gasteiger partial charge in [0.1, 0.15) is 0 Å². The Balaban J connectivity index is 0.866. The van der Waals surface area contributed by atoms with Crippen LogP contribution in [-0.2, 0) is 0 Å². The van der Waals surface area contributed by atoms with Crippen LogP contribution in [-0.4, -0.2) is 35.1 Å². The van der Waals surface area contributed by atoms with E-state index in [1.807, 2.05) is 55.4 Å². The molecule has 100 heavy (non-hydrogen) atoms. The molecule has 21 rings (SSSR count). The predicted molar refractivity (Wildman–Crippen MR) is 417 cm³/mol. The maximum absolute atomic E-state index is 4.68. The average molecular weight is 1270 g/mol. The molecule has 10 nitrogen and oxygen atoms in total. The zero-order chi connectivity index (χ0) is 65.5. The van der Waals surface area contributed by atoms with E-state index in [-0.39, 0.29) is 20.1 Å². The minimum atomic E-state index is -0.181. The molecule has 0 bridgehead atoms. The number of anilines is 21. The van der Waals surface area contributed by atoms with Gasteiger partial charge in [0.05, 0.1) is 35.7 Å². The van der Waals surface area contributed by atoms with E-state index >= 15 is 0 Å². The van der Waals surface area contributed by atoms with Gasteiger partial charge in [0, 0.05) is 121 Å². The lowest BCUT2D eigenvalue weighted by atomic mass is 9.25. The molecule has 15 aromatic rings. The molecule has 0 radical (unpaired) electrons. The zero-order valence-electron chi connectivity index (χ0n) is 54.1. The summed E-state index contributed by atoms with van der Waals surface area (Å²) < 4.78 is 0. The van der Waals surface area contributed by atoms with Gasteiger partial charge < -0.3 is 34.3 Å². The summed E-state index contributed by atoms with van der Waals surface area (Å²) in [5.41, 5.74) is 34.5. The number of nitrogens with zero attached hydrogens (tertiary/aromatic N) is 10. The van der Waals surface area contributed by atoms with E-state index in [0.717, 1.165) is 102 Å². The van der Waals surface area contributed by atoms with Crippen molar-refractivity contribution in [2.24, 2.45) is 0 Å². The van der Waals surface area contributed by atoms with Crippen LogP contribution in [0.5, 0.6) is 0 Å². The lowest BCUT2D eigenvalue weighted by Crippen LogP contribution is -2.74. The van der Waals surface area contributed by atoms with Gasteiger partial charge in [-0.2, -0.15) is 0 Å². The Labute approximate surface area is 581 Å².